The summed E-state index contributed by atoms with van der Waals surface area (Å²) in [6.45, 7) is 2.01. The fourth-order valence-electron chi connectivity index (χ4n) is 1.20. The number of nitrogens with one attached hydrogen (secondary N) is 1. The van der Waals surface area contributed by atoms with Crippen LogP contribution in [0.3, 0.4) is 0 Å². The van der Waals surface area contributed by atoms with Crippen LogP contribution in [0.5, 0.6) is 0 Å². The van der Waals surface area contributed by atoms with Gasteiger partial charge in [-0.05, 0) is 46.6 Å². The van der Waals surface area contributed by atoms with Crippen LogP contribution in [-0.4, -0.2) is 9.97 Å². The second kappa shape index (κ2) is 4.40. The molecule has 0 aliphatic heterocycles. The van der Waals surface area contributed by atoms with E-state index in [1.54, 1.807) is 12.4 Å². The van der Waals surface area contributed by atoms with Crippen molar-refractivity contribution in [1.29, 1.82) is 0 Å². The minimum atomic E-state index is 0.800. The van der Waals surface area contributed by atoms with Gasteiger partial charge in [0.2, 0.25) is 0 Å². The number of halogens is 1. The number of hydrogen-bond acceptors (Lipinski definition) is 3. The van der Waals surface area contributed by atoms with Gasteiger partial charge in [0.1, 0.15) is 5.82 Å². The Morgan fingerprint density at radius 2 is 2.20 bits per heavy atom. The molecule has 0 fully saturated rings. The Labute approximate surface area is 96.7 Å². The molecule has 0 aliphatic carbocycles. The van der Waals surface area contributed by atoms with Gasteiger partial charge in [-0.3, -0.25) is 4.98 Å². The van der Waals surface area contributed by atoms with Crippen LogP contribution in [0, 0.1) is 6.92 Å². The summed E-state index contributed by atoms with van der Waals surface area (Å²) in [6.07, 6.45) is 5.32. The molecule has 0 amide bonds. The van der Waals surface area contributed by atoms with Gasteiger partial charge < -0.3 is 5.32 Å². The van der Waals surface area contributed by atoms with Crippen molar-refractivity contribution in [3.63, 3.8) is 0 Å². The van der Waals surface area contributed by atoms with E-state index < -0.39 is 0 Å². The van der Waals surface area contributed by atoms with Gasteiger partial charge in [0.25, 0.3) is 0 Å². The van der Waals surface area contributed by atoms with Crippen molar-refractivity contribution in [2.24, 2.45) is 0 Å². The summed E-state index contributed by atoms with van der Waals surface area (Å²) >= 11 is 3.46. The van der Waals surface area contributed by atoms with Crippen LogP contribution in [0.25, 0.3) is 0 Å². The number of aromatic nitrogens is 2. The fraction of sp³-hybridized carbons (Fsp3) is 0.0909. The average molecular weight is 264 g/mol. The van der Waals surface area contributed by atoms with E-state index in [0.717, 1.165) is 21.5 Å². The summed E-state index contributed by atoms with van der Waals surface area (Å²) in [6, 6.07) is 5.84. The van der Waals surface area contributed by atoms with Gasteiger partial charge in [-0.25, -0.2) is 4.98 Å². The minimum absolute atomic E-state index is 0.800. The van der Waals surface area contributed by atoms with Crippen molar-refractivity contribution in [2.45, 2.75) is 6.92 Å². The predicted octanol–water partition coefficient (Wildman–Crippen LogP) is 3.29. The number of rotatable bonds is 2. The maximum atomic E-state index is 4.29. The molecule has 0 aromatic carbocycles. The van der Waals surface area contributed by atoms with E-state index in [9.17, 15) is 0 Å². The third kappa shape index (κ3) is 2.53. The Bertz CT molecular complexity index is 457. The lowest BCUT2D eigenvalue weighted by Gasteiger charge is -2.07. The Morgan fingerprint density at radius 1 is 1.33 bits per heavy atom. The molecule has 76 valence electrons. The Morgan fingerprint density at radius 3 is 2.87 bits per heavy atom. The number of nitrogens with zero attached hydrogens (tertiary/aromatic N) is 2. The van der Waals surface area contributed by atoms with Gasteiger partial charge in [0.15, 0.2) is 0 Å². The summed E-state index contributed by atoms with van der Waals surface area (Å²) in [5.41, 5.74) is 2.05. The van der Waals surface area contributed by atoms with Crippen LogP contribution in [-0.2, 0) is 0 Å². The fourth-order valence-corrected chi connectivity index (χ4v) is 1.76. The molecule has 4 heteroatoms. The average Bonchev–Trinajstić information content (AvgIpc) is 2.24. The molecule has 1 N–H and O–H groups in total. The normalized spacial score (nSPS) is 10.0. The van der Waals surface area contributed by atoms with Crippen molar-refractivity contribution >= 4 is 27.4 Å². The van der Waals surface area contributed by atoms with E-state index in [1.165, 1.54) is 0 Å². The van der Waals surface area contributed by atoms with Gasteiger partial charge in [0, 0.05) is 12.4 Å². The van der Waals surface area contributed by atoms with Crippen LogP contribution in [0.15, 0.2) is 41.3 Å². The standard InChI is InChI=1S/C11H10BrN3/c1-8-5-10(12)11(14-6-8)15-9-3-2-4-13-7-9/h2-7H,1H3,(H,14,15). The first kappa shape index (κ1) is 10.1. The summed E-state index contributed by atoms with van der Waals surface area (Å²) in [7, 11) is 0. The molecule has 0 radical (unpaired) electrons. The highest BCUT2D eigenvalue weighted by molar-refractivity contribution is 9.10. The lowest BCUT2D eigenvalue weighted by atomic mass is 10.3. The second-order valence-corrected chi connectivity index (χ2v) is 4.06. The maximum Gasteiger partial charge on any atom is 0.144 e. The number of hydrogen-bond donors (Lipinski definition) is 1. The van der Waals surface area contributed by atoms with Crippen molar-refractivity contribution in [3.05, 3.63) is 46.8 Å². The van der Waals surface area contributed by atoms with Gasteiger partial charge in [0.05, 0.1) is 16.4 Å². The first-order valence-corrected chi connectivity index (χ1v) is 5.34. The smallest absolute Gasteiger partial charge is 0.144 e. The van der Waals surface area contributed by atoms with E-state index in [4.69, 9.17) is 0 Å². The largest absolute Gasteiger partial charge is 0.338 e. The summed E-state index contributed by atoms with van der Waals surface area (Å²) in [4.78, 5) is 8.31. The molecule has 15 heavy (non-hydrogen) atoms. The van der Waals surface area contributed by atoms with Gasteiger partial charge >= 0.3 is 0 Å². The Kier molecular flexibility index (Phi) is 2.97. The molecule has 3 nitrogen and oxygen atoms in total. The molecule has 0 spiro atoms. The van der Waals surface area contributed by atoms with Crippen LogP contribution >= 0.6 is 15.9 Å². The minimum Gasteiger partial charge on any atom is -0.338 e. The maximum absolute atomic E-state index is 4.29. The zero-order chi connectivity index (χ0) is 10.7. The predicted molar refractivity (Wildman–Crippen MR) is 64.2 cm³/mol. The zero-order valence-corrected chi connectivity index (χ0v) is 9.82. The van der Waals surface area contributed by atoms with Gasteiger partial charge in [-0.2, -0.15) is 0 Å². The molecule has 2 aromatic heterocycles. The molecule has 2 aromatic rings. The lowest BCUT2D eigenvalue weighted by molar-refractivity contribution is 1.23. The van der Waals surface area contributed by atoms with Gasteiger partial charge in [-0.1, -0.05) is 0 Å². The summed E-state index contributed by atoms with van der Waals surface area (Å²) < 4.78 is 0.950. The highest BCUT2D eigenvalue weighted by Crippen LogP contribution is 2.23. The van der Waals surface area contributed by atoms with E-state index >= 15 is 0 Å². The Hall–Kier alpha value is -1.42. The molecule has 2 rings (SSSR count). The highest BCUT2D eigenvalue weighted by atomic mass is 79.9. The van der Waals surface area contributed by atoms with Gasteiger partial charge in [-0.15, -0.1) is 0 Å². The molecule has 0 saturated heterocycles. The molecule has 0 atom stereocenters. The molecule has 2 heterocycles. The number of pyridine rings is 2. The summed E-state index contributed by atoms with van der Waals surface area (Å²) in [5.74, 6) is 0.800. The highest BCUT2D eigenvalue weighted by Gasteiger charge is 2.01. The number of anilines is 2. The van der Waals surface area contributed by atoms with Crippen LogP contribution < -0.4 is 5.32 Å². The van der Waals surface area contributed by atoms with Crippen LogP contribution in [0.2, 0.25) is 0 Å². The molecular weight excluding hydrogens is 254 g/mol. The van der Waals surface area contributed by atoms with E-state index in [-0.39, 0.29) is 0 Å². The number of aryl methyl sites for hydroxylation is 1. The van der Waals surface area contributed by atoms with Crippen molar-refractivity contribution in [3.8, 4) is 0 Å². The van der Waals surface area contributed by atoms with Crippen molar-refractivity contribution in [1.82, 2.24) is 9.97 Å². The van der Waals surface area contributed by atoms with E-state index in [0.29, 0.717) is 0 Å². The quantitative estimate of drug-likeness (QED) is 0.904. The SMILES string of the molecule is Cc1cnc(Nc2cccnc2)c(Br)c1. The van der Waals surface area contributed by atoms with E-state index in [1.807, 2.05) is 31.3 Å². The molecule has 0 unspecified atom stereocenters. The Balaban J connectivity index is 2.25. The third-order valence-corrected chi connectivity index (χ3v) is 2.51. The topological polar surface area (TPSA) is 37.8 Å². The van der Waals surface area contributed by atoms with Crippen LogP contribution in [0.1, 0.15) is 5.56 Å². The molecule has 0 saturated carbocycles. The molecule has 0 bridgehead atoms. The van der Waals surface area contributed by atoms with Crippen molar-refractivity contribution in [2.75, 3.05) is 5.32 Å². The summed E-state index contributed by atoms with van der Waals surface area (Å²) in [5, 5.41) is 3.18. The molecule has 0 aliphatic rings. The lowest BCUT2D eigenvalue weighted by Crippen LogP contribution is -1.95. The van der Waals surface area contributed by atoms with Crippen molar-refractivity contribution < 1.29 is 0 Å². The monoisotopic (exact) mass is 263 g/mol. The first-order chi connectivity index (χ1) is 7.25. The van der Waals surface area contributed by atoms with Crippen LogP contribution in [0.4, 0.5) is 11.5 Å². The molecular formula is C11H10BrN3. The first-order valence-electron chi connectivity index (χ1n) is 4.55. The van der Waals surface area contributed by atoms with E-state index in [2.05, 4.69) is 31.2 Å². The second-order valence-electron chi connectivity index (χ2n) is 3.21. The zero-order valence-electron chi connectivity index (χ0n) is 8.24. The third-order valence-electron chi connectivity index (χ3n) is 1.90.